The molecule has 1 amide bonds. The number of hydrogen-bond acceptors (Lipinski definition) is 3. The summed E-state index contributed by atoms with van der Waals surface area (Å²) in [6, 6.07) is 8.67. The van der Waals surface area contributed by atoms with Crippen molar-refractivity contribution in [1.82, 2.24) is 14.7 Å². The zero-order valence-electron chi connectivity index (χ0n) is 13.5. The molecule has 0 bridgehead atoms. The van der Waals surface area contributed by atoms with Crippen molar-refractivity contribution < 1.29 is 13.9 Å². The highest BCUT2D eigenvalue weighted by Crippen LogP contribution is 2.20. The van der Waals surface area contributed by atoms with Crippen LogP contribution in [0.1, 0.15) is 16.8 Å². The van der Waals surface area contributed by atoms with E-state index in [0.29, 0.717) is 17.1 Å². The van der Waals surface area contributed by atoms with E-state index >= 15 is 0 Å². The number of hydrogen-bond donors (Lipinski definition) is 1. The highest BCUT2D eigenvalue weighted by molar-refractivity contribution is 5.77. The van der Waals surface area contributed by atoms with Crippen molar-refractivity contribution in [3.8, 4) is 5.75 Å². The summed E-state index contributed by atoms with van der Waals surface area (Å²) in [5.74, 6) is 0.130. The van der Waals surface area contributed by atoms with Gasteiger partial charge in [-0.15, -0.1) is 0 Å². The molecule has 6 heteroatoms. The van der Waals surface area contributed by atoms with Crippen molar-refractivity contribution in [1.29, 1.82) is 0 Å². The zero-order valence-corrected chi connectivity index (χ0v) is 13.5. The quantitative estimate of drug-likeness (QED) is 0.784. The van der Waals surface area contributed by atoms with Crippen LogP contribution in [0.3, 0.4) is 0 Å². The van der Waals surface area contributed by atoms with Crippen LogP contribution in [-0.4, -0.2) is 21.9 Å². The van der Waals surface area contributed by atoms with Crippen LogP contribution < -0.4 is 10.1 Å². The number of fused-ring (bicyclic) bond motifs is 1. The lowest BCUT2D eigenvalue weighted by Crippen LogP contribution is -2.28. The molecule has 2 heterocycles. The Hall–Kier alpha value is -2.89. The third kappa shape index (κ3) is 3.53. The van der Waals surface area contributed by atoms with Gasteiger partial charge in [0.05, 0.1) is 12.2 Å². The number of rotatable bonds is 5. The van der Waals surface area contributed by atoms with Crippen LogP contribution in [0.15, 0.2) is 42.7 Å². The fourth-order valence-electron chi connectivity index (χ4n) is 2.37. The number of aryl methyl sites for hydroxylation is 1. The first kappa shape index (κ1) is 16.0. The summed E-state index contributed by atoms with van der Waals surface area (Å²) in [5, 5.41) is 2.75. The molecule has 0 atom stereocenters. The monoisotopic (exact) mass is 327 g/mol. The number of nitrogens with one attached hydrogen (secondary N) is 1. The molecule has 3 rings (SSSR count). The number of halogens is 1. The first-order valence-electron chi connectivity index (χ1n) is 7.62. The van der Waals surface area contributed by atoms with Crippen molar-refractivity contribution in [2.24, 2.45) is 0 Å². The Kier molecular flexibility index (Phi) is 4.46. The molecule has 0 aliphatic heterocycles. The number of aromatic nitrogens is 2. The van der Waals surface area contributed by atoms with Gasteiger partial charge >= 0.3 is 0 Å². The van der Waals surface area contributed by atoms with Crippen LogP contribution >= 0.6 is 0 Å². The Morgan fingerprint density at radius 3 is 2.92 bits per heavy atom. The molecule has 0 aliphatic carbocycles. The highest BCUT2D eigenvalue weighted by atomic mass is 19.1. The third-order valence-corrected chi connectivity index (χ3v) is 3.85. The predicted molar refractivity (Wildman–Crippen MR) is 88.4 cm³/mol. The molecule has 24 heavy (non-hydrogen) atoms. The molecule has 5 nitrogen and oxygen atoms in total. The number of amides is 1. The van der Waals surface area contributed by atoms with Gasteiger partial charge in [-0.2, -0.15) is 0 Å². The summed E-state index contributed by atoms with van der Waals surface area (Å²) in [4.78, 5) is 16.2. The van der Waals surface area contributed by atoms with Gasteiger partial charge in [0.25, 0.3) is 5.91 Å². The van der Waals surface area contributed by atoms with Gasteiger partial charge in [-0.1, -0.05) is 12.1 Å². The van der Waals surface area contributed by atoms with E-state index in [4.69, 9.17) is 4.74 Å². The van der Waals surface area contributed by atoms with Gasteiger partial charge in [0.1, 0.15) is 17.2 Å². The summed E-state index contributed by atoms with van der Waals surface area (Å²) >= 11 is 0. The second kappa shape index (κ2) is 6.70. The number of imidazole rings is 1. The molecule has 124 valence electrons. The first-order valence-corrected chi connectivity index (χ1v) is 7.62. The number of benzene rings is 1. The van der Waals surface area contributed by atoms with Crippen LogP contribution in [0.4, 0.5) is 4.39 Å². The van der Waals surface area contributed by atoms with Gasteiger partial charge in [-0.05, 0) is 43.2 Å². The fraction of sp³-hybridized carbons (Fsp3) is 0.222. The van der Waals surface area contributed by atoms with Crippen molar-refractivity contribution in [2.45, 2.75) is 20.4 Å². The lowest BCUT2D eigenvalue weighted by Gasteiger charge is -2.10. The summed E-state index contributed by atoms with van der Waals surface area (Å²) in [5.41, 5.74) is 3.42. The maximum absolute atomic E-state index is 13.1. The zero-order chi connectivity index (χ0) is 17.1. The van der Waals surface area contributed by atoms with Crippen molar-refractivity contribution >= 4 is 11.6 Å². The van der Waals surface area contributed by atoms with Crippen molar-refractivity contribution in [2.75, 3.05) is 6.61 Å². The molecule has 1 N–H and O–H groups in total. The van der Waals surface area contributed by atoms with Gasteiger partial charge in [0.15, 0.2) is 6.61 Å². The number of ether oxygens (including phenoxy) is 1. The Bertz CT molecular complexity index is 889. The summed E-state index contributed by atoms with van der Waals surface area (Å²) in [6.07, 6.45) is 3.03. The largest absolute Gasteiger partial charge is 0.483 e. The highest BCUT2D eigenvalue weighted by Gasteiger charge is 2.08. The summed E-state index contributed by atoms with van der Waals surface area (Å²) < 4.78 is 20.3. The minimum atomic E-state index is -0.336. The molecule has 0 spiro atoms. The SMILES string of the molecule is Cc1cccc(OCC(=O)NCc2cn3cc(F)ccc3n2)c1C. The predicted octanol–water partition coefficient (Wildman–Crippen LogP) is 2.79. The molecule has 0 saturated heterocycles. The lowest BCUT2D eigenvalue weighted by atomic mass is 10.1. The van der Waals surface area contributed by atoms with E-state index in [1.807, 2.05) is 32.0 Å². The molecule has 1 aromatic carbocycles. The maximum Gasteiger partial charge on any atom is 0.258 e. The number of nitrogens with zero attached hydrogens (tertiary/aromatic N) is 2. The van der Waals surface area contributed by atoms with E-state index in [2.05, 4.69) is 10.3 Å². The van der Waals surface area contributed by atoms with Crippen LogP contribution in [0.25, 0.3) is 5.65 Å². The van der Waals surface area contributed by atoms with Crippen molar-refractivity contribution in [3.63, 3.8) is 0 Å². The van der Waals surface area contributed by atoms with Crippen LogP contribution in [-0.2, 0) is 11.3 Å². The molecule has 0 aliphatic rings. The van der Waals surface area contributed by atoms with Gasteiger partial charge in [0, 0.05) is 12.4 Å². The summed E-state index contributed by atoms with van der Waals surface area (Å²) in [6.45, 7) is 4.15. The Balaban J connectivity index is 1.55. The van der Waals surface area contributed by atoms with Gasteiger partial charge < -0.3 is 14.5 Å². The van der Waals surface area contributed by atoms with Gasteiger partial charge in [0.2, 0.25) is 0 Å². The molecule has 2 aromatic heterocycles. The maximum atomic E-state index is 13.1. The van der Waals surface area contributed by atoms with E-state index < -0.39 is 0 Å². The van der Waals surface area contributed by atoms with Gasteiger partial charge in [-0.25, -0.2) is 9.37 Å². The molecule has 3 aromatic rings. The normalized spacial score (nSPS) is 10.8. The number of carbonyl (C=O) groups excluding carboxylic acids is 1. The smallest absolute Gasteiger partial charge is 0.258 e. The summed E-state index contributed by atoms with van der Waals surface area (Å²) in [7, 11) is 0. The van der Waals surface area contributed by atoms with E-state index in [9.17, 15) is 9.18 Å². The van der Waals surface area contributed by atoms with Crippen LogP contribution in [0.5, 0.6) is 5.75 Å². The first-order chi connectivity index (χ1) is 11.5. The molecular formula is C18H18FN3O2. The topological polar surface area (TPSA) is 55.6 Å². The van der Waals surface area contributed by atoms with E-state index in [-0.39, 0.29) is 24.9 Å². The minimum absolute atomic E-state index is 0.0632. The van der Waals surface area contributed by atoms with Crippen LogP contribution in [0, 0.1) is 19.7 Å². The average molecular weight is 327 g/mol. The molecular weight excluding hydrogens is 309 g/mol. The number of carbonyl (C=O) groups is 1. The Morgan fingerprint density at radius 1 is 1.25 bits per heavy atom. The Morgan fingerprint density at radius 2 is 2.08 bits per heavy atom. The molecule has 0 fully saturated rings. The minimum Gasteiger partial charge on any atom is -0.483 e. The molecule has 0 unspecified atom stereocenters. The third-order valence-electron chi connectivity index (χ3n) is 3.85. The molecule has 0 saturated carbocycles. The second-order valence-electron chi connectivity index (χ2n) is 5.61. The van der Waals surface area contributed by atoms with Crippen molar-refractivity contribution in [3.05, 3.63) is 65.4 Å². The number of pyridine rings is 1. The molecule has 0 radical (unpaired) electrons. The van der Waals surface area contributed by atoms with Gasteiger partial charge in [-0.3, -0.25) is 4.79 Å². The average Bonchev–Trinajstić information content (AvgIpc) is 2.96. The van der Waals surface area contributed by atoms with E-state index in [0.717, 1.165) is 11.1 Å². The van der Waals surface area contributed by atoms with E-state index in [1.165, 1.54) is 12.3 Å². The lowest BCUT2D eigenvalue weighted by molar-refractivity contribution is -0.123. The standard InChI is InChI=1S/C18H18FN3O2/c1-12-4-3-5-16(13(12)2)24-11-18(23)20-8-15-10-22-9-14(19)6-7-17(22)21-15/h3-7,9-10H,8,11H2,1-2H3,(H,20,23). The fourth-order valence-corrected chi connectivity index (χ4v) is 2.37. The Labute approximate surface area is 139 Å². The van der Waals surface area contributed by atoms with Crippen LogP contribution in [0.2, 0.25) is 0 Å². The second-order valence-corrected chi connectivity index (χ2v) is 5.61. The van der Waals surface area contributed by atoms with E-state index in [1.54, 1.807) is 16.7 Å².